The van der Waals surface area contributed by atoms with Crippen LogP contribution in [0.5, 0.6) is 0 Å². The number of hydrogen-bond acceptors (Lipinski definition) is 9. The van der Waals surface area contributed by atoms with Gasteiger partial charge in [0.05, 0.1) is 43.5 Å². The van der Waals surface area contributed by atoms with E-state index >= 15 is 0 Å². The van der Waals surface area contributed by atoms with Crippen molar-refractivity contribution in [3.63, 3.8) is 0 Å². The van der Waals surface area contributed by atoms with Gasteiger partial charge in [0.1, 0.15) is 5.15 Å². The van der Waals surface area contributed by atoms with Gasteiger partial charge in [0.15, 0.2) is 5.65 Å². The minimum absolute atomic E-state index is 0.0386. The molecule has 258 valence electrons. The van der Waals surface area contributed by atoms with Crippen molar-refractivity contribution >= 4 is 38.8 Å². The SMILES string of the molecule is COC(=O)On1cc(C2CCN(CC(O)Cn3nc(-c4ccc(C(F)(F)F)cc4)c4c3CCN(S(C)(=O)=O)C4)CC2)c2ccc(Cl)nc21. The van der Waals surface area contributed by atoms with E-state index in [1.807, 2.05) is 6.07 Å². The van der Waals surface area contributed by atoms with Gasteiger partial charge in [-0.1, -0.05) is 23.7 Å². The van der Waals surface area contributed by atoms with Crippen molar-refractivity contribution in [1.29, 1.82) is 0 Å². The minimum Gasteiger partial charge on any atom is -0.436 e. The van der Waals surface area contributed by atoms with Crippen molar-refractivity contribution in [2.75, 3.05) is 39.5 Å². The van der Waals surface area contributed by atoms with Gasteiger partial charge in [-0.25, -0.2) is 18.2 Å². The Morgan fingerprint density at radius 1 is 1.10 bits per heavy atom. The van der Waals surface area contributed by atoms with Gasteiger partial charge in [0.2, 0.25) is 10.0 Å². The fourth-order valence-corrected chi connectivity index (χ4v) is 7.45. The Hall–Kier alpha value is -3.70. The summed E-state index contributed by atoms with van der Waals surface area (Å²) in [5.74, 6) is 0.133. The maximum atomic E-state index is 13.2. The number of β-amino-alcohol motifs (C(OH)–C–C–N with tert-alkyl or cyclic N) is 1. The van der Waals surface area contributed by atoms with E-state index in [-0.39, 0.29) is 30.7 Å². The molecule has 2 aliphatic heterocycles. The Balaban J connectivity index is 1.16. The summed E-state index contributed by atoms with van der Waals surface area (Å²) >= 11 is 6.10. The number of aliphatic hydroxyl groups excluding tert-OH is 1. The Morgan fingerprint density at radius 3 is 2.46 bits per heavy atom. The molecule has 12 nitrogen and oxygen atoms in total. The molecule has 4 aromatic rings. The van der Waals surface area contributed by atoms with E-state index < -0.39 is 34.0 Å². The van der Waals surface area contributed by atoms with E-state index in [0.29, 0.717) is 48.5 Å². The third-order valence-electron chi connectivity index (χ3n) is 8.89. The molecule has 0 saturated carbocycles. The highest BCUT2D eigenvalue weighted by molar-refractivity contribution is 7.88. The summed E-state index contributed by atoms with van der Waals surface area (Å²) in [7, 11) is -2.30. The monoisotopic (exact) mass is 710 g/mol. The first kappa shape index (κ1) is 34.2. The van der Waals surface area contributed by atoms with Crippen LogP contribution in [0.15, 0.2) is 42.6 Å². The standard InChI is InChI=1S/C31H34ClF3N6O6S/c1-46-30(43)47-41-18-24(23-7-8-27(32)36-29(23)41)19-9-12-38(13-10-19)15-22(42)16-40-26-11-14-39(48(2,44)45)17-25(26)28(37-40)20-3-5-21(6-4-20)31(33,34)35/h3-8,18-19,22,42H,9-17H2,1-2H3. The zero-order valence-corrected chi connectivity index (χ0v) is 27.7. The van der Waals surface area contributed by atoms with Gasteiger partial charge in [-0.2, -0.15) is 27.3 Å². The minimum atomic E-state index is -4.49. The molecule has 1 aromatic carbocycles. The second-order valence-corrected chi connectivity index (χ2v) is 14.4. The molecule has 0 radical (unpaired) electrons. The molecule has 0 spiro atoms. The summed E-state index contributed by atoms with van der Waals surface area (Å²) in [6.45, 7) is 2.13. The summed E-state index contributed by atoms with van der Waals surface area (Å²) in [6.07, 6.45) is -1.48. The van der Waals surface area contributed by atoms with Crippen molar-refractivity contribution in [3.8, 4) is 11.3 Å². The number of nitrogens with zero attached hydrogens (tertiary/aromatic N) is 6. The number of aromatic nitrogens is 4. The molecule has 3 aromatic heterocycles. The average Bonchev–Trinajstić information content (AvgIpc) is 3.58. The van der Waals surface area contributed by atoms with Gasteiger partial charge >= 0.3 is 12.3 Å². The molecular weight excluding hydrogens is 677 g/mol. The largest absolute Gasteiger partial charge is 0.533 e. The number of carbonyl (C=O) groups is 1. The van der Waals surface area contributed by atoms with Gasteiger partial charge < -0.3 is 14.7 Å². The van der Waals surface area contributed by atoms with Crippen LogP contribution in [0.2, 0.25) is 5.15 Å². The zero-order valence-electron chi connectivity index (χ0n) is 26.2. The van der Waals surface area contributed by atoms with Crippen LogP contribution in [0.3, 0.4) is 0 Å². The number of methoxy groups -OCH3 is 1. The van der Waals surface area contributed by atoms with Gasteiger partial charge in [0.25, 0.3) is 0 Å². The Labute approximate surface area is 279 Å². The number of halogens is 4. The average molecular weight is 711 g/mol. The molecule has 0 bridgehead atoms. The van der Waals surface area contributed by atoms with Crippen molar-refractivity contribution in [2.24, 2.45) is 0 Å². The van der Waals surface area contributed by atoms with Crippen LogP contribution < -0.4 is 4.84 Å². The van der Waals surface area contributed by atoms with Crippen molar-refractivity contribution in [3.05, 3.63) is 70.1 Å². The lowest BCUT2D eigenvalue weighted by Crippen LogP contribution is -2.40. The summed E-state index contributed by atoms with van der Waals surface area (Å²) in [4.78, 5) is 23.5. The lowest BCUT2D eigenvalue weighted by Gasteiger charge is -2.33. The molecule has 1 unspecified atom stereocenters. The zero-order chi connectivity index (χ0) is 34.4. The maximum absolute atomic E-state index is 13.2. The van der Waals surface area contributed by atoms with E-state index in [0.717, 1.165) is 47.9 Å². The molecular formula is C31H34ClF3N6O6S. The van der Waals surface area contributed by atoms with Crippen LogP contribution in [-0.2, 0) is 40.4 Å². The summed E-state index contributed by atoms with van der Waals surface area (Å²) in [5, 5.41) is 16.9. The number of sulfonamides is 1. The Kier molecular flexibility index (Phi) is 9.47. The normalized spacial score (nSPS) is 17.4. The van der Waals surface area contributed by atoms with Crippen LogP contribution >= 0.6 is 11.6 Å². The number of aliphatic hydroxyl groups is 1. The van der Waals surface area contributed by atoms with Crippen LogP contribution in [0.4, 0.5) is 18.0 Å². The molecule has 2 aliphatic rings. The molecule has 48 heavy (non-hydrogen) atoms. The molecule has 0 amide bonds. The molecule has 1 saturated heterocycles. The van der Waals surface area contributed by atoms with Gasteiger partial charge in [-0.15, -0.1) is 0 Å². The molecule has 1 N–H and O–H groups in total. The van der Waals surface area contributed by atoms with E-state index in [9.17, 15) is 31.5 Å². The highest BCUT2D eigenvalue weighted by atomic mass is 35.5. The van der Waals surface area contributed by atoms with Crippen LogP contribution in [0, 0.1) is 0 Å². The smallest absolute Gasteiger partial charge is 0.436 e. The lowest BCUT2D eigenvalue weighted by molar-refractivity contribution is -0.137. The predicted octanol–water partition coefficient (Wildman–Crippen LogP) is 4.33. The van der Waals surface area contributed by atoms with Crippen LogP contribution in [0.25, 0.3) is 22.3 Å². The topological polar surface area (TPSA) is 132 Å². The highest BCUT2D eigenvalue weighted by Gasteiger charge is 2.33. The van der Waals surface area contributed by atoms with E-state index in [2.05, 4.69) is 14.6 Å². The summed E-state index contributed by atoms with van der Waals surface area (Å²) in [5.41, 5.74) is 2.76. The van der Waals surface area contributed by atoms with Gasteiger partial charge in [0, 0.05) is 48.3 Å². The number of piperidine rings is 1. The first-order valence-electron chi connectivity index (χ1n) is 15.3. The van der Waals surface area contributed by atoms with Crippen molar-refractivity contribution in [2.45, 2.75) is 50.6 Å². The summed E-state index contributed by atoms with van der Waals surface area (Å²) < 4.78 is 73.2. The molecule has 0 aliphatic carbocycles. The molecule has 1 atom stereocenters. The first-order valence-corrected chi connectivity index (χ1v) is 17.5. The number of alkyl halides is 3. The fourth-order valence-electron chi connectivity index (χ4n) is 6.52. The number of hydrogen-bond donors (Lipinski definition) is 1. The molecule has 6 rings (SSSR count). The number of benzene rings is 1. The number of rotatable bonds is 8. The Bertz CT molecular complexity index is 1920. The number of likely N-dealkylation sites (tertiary alicyclic amines) is 1. The number of pyridine rings is 1. The van der Waals surface area contributed by atoms with Crippen LogP contribution in [-0.4, -0.2) is 94.0 Å². The van der Waals surface area contributed by atoms with Gasteiger partial charge in [-0.05, 0) is 61.7 Å². The second-order valence-electron chi connectivity index (χ2n) is 12.1. The molecule has 1 fully saturated rings. The van der Waals surface area contributed by atoms with Gasteiger partial charge in [-0.3, -0.25) is 9.52 Å². The van der Waals surface area contributed by atoms with E-state index in [1.165, 1.54) is 28.3 Å². The van der Waals surface area contributed by atoms with Crippen LogP contribution in [0.1, 0.15) is 41.1 Å². The fraction of sp³-hybridized carbons (Fsp3) is 0.452. The molecule has 5 heterocycles. The summed E-state index contributed by atoms with van der Waals surface area (Å²) in [6, 6.07) is 8.14. The molecule has 17 heteroatoms. The number of ether oxygens (including phenoxy) is 1. The predicted molar refractivity (Wildman–Crippen MR) is 170 cm³/mol. The highest BCUT2D eigenvalue weighted by Crippen LogP contribution is 2.36. The second kappa shape index (κ2) is 13.3. The maximum Gasteiger partial charge on any atom is 0.533 e. The number of fused-ring (bicyclic) bond motifs is 2. The first-order chi connectivity index (χ1) is 22.7. The number of carbonyl (C=O) groups excluding carboxylic acids is 1. The van der Waals surface area contributed by atoms with Crippen molar-refractivity contribution < 1.29 is 41.1 Å². The third kappa shape index (κ3) is 7.17. The third-order valence-corrected chi connectivity index (χ3v) is 10.4. The van der Waals surface area contributed by atoms with E-state index in [1.54, 1.807) is 16.9 Å². The lowest BCUT2D eigenvalue weighted by atomic mass is 9.89. The van der Waals surface area contributed by atoms with E-state index in [4.69, 9.17) is 21.5 Å². The quantitative estimate of drug-likeness (QED) is 0.210. The Morgan fingerprint density at radius 2 is 1.81 bits per heavy atom. The van der Waals surface area contributed by atoms with Crippen molar-refractivity contribution in [1.82, 2.24) is 28.7 Å².